The summed E-state index contributed by atoms with van der Waals surface area (Å²) in [6.07, 6.45) is 4.14. The number of aliphatic imine (C=N–C) groups is 1. The average Bonchev–Trinajstić information content (AvgIpc) is 2.46. The van der Waals surface area contributed by atoms with E-state index in [1.165, 1.54) is 11.3 Å². The number of fused-ring (bicyclic) bond motifs is 1. The van der Waals surface area contributed by atoms with Crippen LogP contribution in [0.15, 0.2) is 28.2 Å². The van der Waals surface area contributed by atoms with Crippen molar-refractivity contribution in [2.75, 3.05) is 20.3 Å². The third-order valence-electron chi connectivity index (χ3n) is 2.67. The molecule has 0 aromatic heterocycles. The highest BCUT2D eigenvalue weighted by Gasteiger charge is 2.25. The van der Waals surface area contributed by atoms with Crippen molar-refractivity contribution < 1.29 is 0 Å². The van der Waals surface area contributed by atoms with Crippen molar-refractivity contribution in [2.24, 2.45) is 10.9 Å². The Labute approximate surface area is 91.8 Å². The molecule has 2 aliphatic rings. The van der Waals surface area contributed by atoms with Gasteiger partial charge in [-0.25, -0.2) is 0 Å². The lowest BCUT2D eigenvalue weighted by Crippen LogP contribution is -2.39. The Kier molecular flexibility index (Phi) is 2.55. The van der Waals surface area contributed by atoms with Gasteiger partial charge in [-0.3, -0.25) is 4.99 Å². The molecule has 0 bridgehead atoms. The fourth-order valence-corrected chi connectivity index (χ4v) is 2.21. The Bertz CT molecular complexity index is 350. The summed E-state index contributed by atoms with van der Waals surface area (Å²) in [6, 6.07) is 0. The third-order valence-corrected chi connectivity index (χ3v) is 2.67. The second-order valence-corrected chi connectivity index (χ2v) is 4.79. The number of allylic oxidation sites excluding steroid dienone is 2. The number of rotatable bonds is 2. The highest BCUT2D eigenvalue weighted by molar-refractivity contribution is 5.88. The molecule has 2 rings (SSSR count). The molecule has 0 amide bonds. The smallest absolute Gasteiger partial charge is 0.0895 e. The minimum atomic E-state index is 0.679. The Hall–Kier alpha value is -1.25. The van der Waals surface area contributed by atoms with E-state index in [2.05, 4.69) is 48.8 Å². The SMILES string of the molecule is CC1=C2C(=CN(C)CN2CC(C)C)C=N1. The van der Waals surface area contributed by atoms with Gasteiger partial charge in [0.05, 0.1) is 18.1 Å². The molecular formula is C12H19N3. The zero-order chi connectivity index (χ0) is 11.0. The zero-order valence-corrected chi connectivity index (χ0v) is 9.99. The molecule has 3 nitrogen and oxygen atoms in total. The van der Waals surface area contributed by atoms with Crippen molar-refractivity contribution >= 4 is 6.21 Å². The highest BCUT2D eigenvalue weighted by Crippen LogP contribution is 2.28. The molecule has 0 spiro atoms. The van der Waals surface area contributed by atoms with E-state index in [0.29, 0.717) is 5.92 Å². The van der Waals surface area contributed by atoms with E-state index in [1.54, 1.807) is 0 Å². The highest BCUT2D eigenvalue weighted by atomic mass is 15.3. The molecule has 15 heavy (non-hydrogen) atoms. The molecule has 82 valence electrons. The van der Waals surface area contributed by atoms with Crippen LogP contribution in [0, 0.1) is 5.92 Å². The molecule has 0 aromatic rings. The summed E-state index contributed by atoms with van der Waals surface area (Å²) in [4.78, 5) is 9.02. The van der Waals surface area contributed by atoms with Crippen LogP contribution in [0.2, 0.25) is 0 Å². The molecule has 0 N–H and O–H groups in total. The van der Waals surface area contributed by atoms with E-state index in [0.717, 1.165) is 18.9 Å². The van der Waals surface area contributed by atoms with Crippen molar-refractivity contribution in [3.8, 4) is 0 Å². The average molecular weight is 205 g/mol. The van der Waals surface area contributed by atoms with Gasteiger partial charge < -0.3 is 9.80 Å². The van der Waals surface area contributed by atoms with Crippen molar-refractivity contribution in [3.05, 3.63) is 23.2 Å². The topological polar surface area (TPSA) is 18.8 Å². The summed E-state index contributed by atoms with van der Waals surface area (Å²) in [7, 11) is 2.11. The van der Waals surface area contributed by atoms with Crippen molar-refractivity contribution in [1.82, 2.24) is 9.80 Å². The van der Waals surface area contributed by atoms with E-state index in [-0.39, 0.29) is 0 Å². The quantitative estimate of drug-likeness (QED) is 0.687. The van der Waals surface area contributed by atoms with E-state index < -0.39 is 0 Å². The van der Waals surface area contributed by atoms with Crippen molar-refractivity contribution in [2.45, 2.75) is 20.8 Å². The largest absolute Gasteiger partial charge is 0.362 e. The van der Waals surface area contributed by atoms with Gasteiger partial charge in [0.1, 0.15) is 0 Å². The van der Waals surface area contributed by atoms with Gasteiger partial charge >= 0.3 is 0 Å². The molecule has 0 aromatic carbocycles. The van der Waals surface area contributed by atoms with E-state index in [4.69, 9.17) is 0 Å². The second kappa shape index (κ2) is 3.72. The Morgan fingerprint density at radius 3 is 2.87 bits per heavy atom. The van der Waals surface area contributed by atoms with Crippen LogP contribution in [-0.4, -0.2) is 36.3 Å². The predicted molar refractivity (Wildman–Crippen MR) is 63.4 cm³/mol. The van der Waals surface area contributed by atoms with Crippen molar-refractivity contribution in [3.63, 3.8) is 0 Å². The molecule has 0 saturated heterocycles. The molecule has 0 radical (unpaired) electrons. The van der Waals surface area contributed by atoms with Gasteiger partial charge in [0.2, 0.25) is 0 Å². The summed E-state index contributed by atoms with van der Waals surface area (Å²) >= 11 is 0. The first kappa shape index (κ1) is 10.3. The first-order valence-electron chi connectivity index (χ1n) is 5.50. The molecule has 0 unspecified atom stereocenters. The minimum Gasteiger partial charge on any atom is -0.362 e. The van der Waals surface area contributed by atoms with E-state index in [9.17, 15) is 0 Å². The second-order valence-electron chi connectivity index (χ2n) is 4.79. The molecule has 0 atom stereocenters. The molecule has 2 aliphatic heterocycles. The predicted octanol–water partition coefficient (Wildman–Crippen LogP) is 2.05. The van der Waals surface area contributed by atoms with Crippen LogP contribution >= 0.6 is 0 Å². The summed E-state index contributed by atoms with van der Waals surface area (Å²) in [6.45, 7) is 8.66. The lowest BCUT2D eigenvalue weighted by atomic mass is 10.1. The Balaban J connectivity index is 2.27. The monoisotopic (exact) mass is 205 g/mol. The molecule has 0 fully saturated rings. The Morgan fingerprint density at radius 2 is 2.20 bits per heavy atom. The van der Waals surface area contributed by atoms with E-state index >= 15 is 0 Å². The van der Waals surface area contributed by atoms with Crippen LogP contribution in [0.25, 0.3) is 0 Å². The first-order chi connectivity index (χ1) is 7.08. The van der Waals surface area contributed by atoms with Gasteiger partial charge in [0, 0.05) is 31.6 Å². The van der Waals surface area contributed by atoms with Gasteiger partial charge in [0.25, 0.3) is 0 Å². The number of hydrogen-bond donors (Lipinski definition) is 0. The minimum absolute atomic E-state index is 0.679. The lowest BCUT2D eigenvalue weighted by molar-refractivity contribution is 0.206. The lowest BCUT2D eigenvalue weighted by Gasteiger charge is -2.36. The number of nitrogens with zero attached hydrogens (tertiary/aromatic N) is 3. The van der Waals surface area contributed by atoms with E-state index in [1.807, 2.05) is 6.21 Å². The van der Waals surface area contributed by atoms with Gasteiger partial charge in [-0.15, -0.1) is 0 Å². The van der Waals surface area contributed by atoms with Gasteiger partial charge in [-0.05, 0) is 12.8 Å². The summed E-state index contributed by atoms with van der Waals surface area (Å²) in [5, 5.41) is 0. The van der Waals surface area contributed by atoms with Gasteiger partial charge in [-0.2, -0.15) is 0 Å². The maximum absolute atomic E-state index is 4.39. The first-order valence-corrected chi connectivity index (χ1v) is 5.50. The third kappa shape index (κ3) is 1.91. The van der Waals surface area contributed by atoms with Crippen molar-refractivity contribution in [1.29, 1.82) is 0 Å². The maximum Gasteiger partial charge on any atom is 0.0895 e. The molecular weight excluding hydrogens is 186 g/mol. The van der Waals surface area contributed by atoms with Crippen LogP contribution in [0.4, 0.5) is 0 Å². The summed E-state index contributed by atoms with van der Waals surface area (Å²) < 4.78 is 0. The molecule has 3 heteroatoms. The van der Waals surface area contributed by atoms with Crippen LogP contribution in [0.1, 0.15) is 20.8 Å². The fraction of sp³-hybridized carbons (Fsp3) is 0.583. The van der Waals surface area contributed by atoms with Crippen LogP contribution in [0.3, 0.4) is 0 Å². The molecule has 0 saturated carbocycles. The summed E-state index contributed by atoms with van der Waals surface area (Å²) in [5.41, 5.74) is 3.72. The van der Waals surface area contributed by atoms with Gasteiger partial charge in [0.15, 0.2) is 0 Å². The van der Waals surface area contributed by atoms with Gasteiger partial charge in [-0.1, -0.05) is 13.8 Å². The van der Waals surface area contributed by atoms with Crippen LogP contribution < -0.4 is 0 Å². The fourth-order valence-electron chi connectivity index (χ4n) is 2.21. The normalized spacial score (nSPS) is 20.2. The zero-order valence-electron chi connectivity index (χ0n) is 9.99. The number of hydrogen-bond acceptors (Lipinski definition) is 3. The summed E-state index contributed by atoms with van der Waals surface area (Å²) in [5.74, 6) is 0.679. The maximum atomic E-state index is 4.39. The standard InChI is InChI=1S/C12H19N3/c1-9(2)6-15-8-14(4)7-11-5-13-10(3)12(11)15/h5,7,9H,6,8H2,1-4H3. The molecule has 0 aliphatic carbocycles. The molecule has 2 heterocycles. The van der Waals surface area contributed by atoms with Crippen LogP contribution in [-0.2, 0) is 0 Å². The Morgan fingerprint density at radius 1 is 1.47 bits per heavy atom. The van der Waals surface area contributed by atoms with Crippen LogP contribution in [0.5, 0.6) is 0 Å².